The van der Waals surface area contributed by atoms with Crippen LogP contribution in [0.15, 0.2) is 18.2 Å². The van der Waals surface area contributed by atoms with Crippen molar-refractivity contribution in [3.05, 3.63) is 23.8 Å². The Labute approximate surface area is 105 Å². The molecule has 6 nitrogen and oxygen atoms in total. The predicted molar refractivity (Wildman–Crippen MR) is 64.0 cm³/mol. The summed E-state index contributed by atoms with van der Waals surface area (Å²) in [7, 11) is 5.83. The molecule has 0 radical (unpaired) electrons. The van der Waals surface area contributed by atoms with E-state index in [-0.39, 0.29) is 11.3 Å². The van der Waals surface area contributed by atoms with Crippen molar-refractivity contribution in [2.75, 3.05) is 28.3 Å². The van der Waals surface area contributed by atoms with Gasteiger partial charge in [0.2, 0.25) is 0 Å². The van der Waals surface area contributed by atoms with Crippen LogP contribution in [0.4, 0.5) is 4.79 Å². The molecule has 18 heavy (non-hydrogen) atoms. The molecule has 6 heteroatoms. The summed E-state index contributed by atoms with van der Waals surface area (Å²) in [6.45, 7) is 0. The van der Waals surface area contributed by atoms with Gasteiger partial charge in [-0.3, -0.25) is 0 Å². The van der Waals surface area contributed by atoms with E-state index in [0.717, 1.165) is 0 Å². The van der Waals surface area contributed by atoms with Gasteiger partial charge in [0.05, 0.1) is 19.8 Å². The lowest BCUT2D eigenvalue weighted by molar-refractivity contribution is 0.0600. The zero-order valence-electron chi connectivity index (χ0n) is 10.7. The van der Waals surface area contributed by atoms with Crippen LogP contribution in [0.1, 0.15) is 10.4 Å². The van der Waals surface area contributed by atoms with Gasteiger partial charge in [-0.1, -0.05) is 0 Å². The Kier molecular flexibility index (Phi) is 4.53. The second kappa shape index (κ2) is 5.90. The van der Waals surface area contributed by atoms with Crippen LogP contribution < -0.4 is 9.47 Å². The molecule has 0 saturated heterocycles. The molecule has 0 heterocycles. The smallest absolute Gasteiger partial charge is 0.414 e. The fraction of sp³-hybridized carbons (Fsp3) is 0.333. The number of ether oxygens (including phenoxy) is 3. The largest absolute Gasteiger partial charge is 0.493 e. The number of rotatable bonds is 3. The van der Waals surface area contributed by atoms with E-state index in [4.69, 9.17) is 9.47 Å². The number of esters is 1. The van der Waals surface area contributed by atoms with Gasteiger partial charge in [-0.05, 0) is 18.2 Å². The summed E-state index contributed by atoms with van der Waals surface area (Å²) in [5.41, 5.74) is 0.278. The number of benzene rings is 1. The molecule has 98 valence electrons. The van der Waals surface area contributed by atoms with Gasteiger partial charge >= 0.3 is 12.1 Å². The lowest BCUT2D eigenvalue weighted by Gasteiger charge is -2.13. The SMILES string of the molecule is COC(=O)c1ccc(OC)c(OC(=O)N(C)C)c1. The van der Waals surface area contributed by atoms with E-state index in [1.165, 1.54) is 37.3 Å². The summed E-state index contributed by atoms with van der Waals surface area (Å²) < 4.78 is 14.7. The van der Waals surface area contributed by atoms with Gasteiger partial charge in [0, 0.05) is 14.1 Å². The van der Waals surface area contributed by atoms with E-state index in [0.29, 0.717) is 5.75 Å². The molecule has 0 aromatic heterocycles. The molecular weight excluding hydrogens is 238 g/mol. The highest BCUT2D eigenvalue weighted by Gasteiger charge is 2.15. The first-order valence-electron chi connectivity index (χ1n) is 5.15. The molecule has 0 atom stereocenters. The van der Waals surface area contributed by atoms with Gasteiger partial charge in [0.1, 0.15) is 0 Å². The molecule has 0 bridgehead atoms. The standard InChI is InChI=1S/C12H15NO5/c1-13(2)12(15)18-10-7-8(11(14)17-4)5-6-9(10)16-3/h5-7H,1-4H3. The average Bonchev–Trinajstić information content (AvgIpc) is 2.37. The molecule has 1 rings (SSSR count). The number of nitrogens with zero attached hydrogens (tertiary/aromatic N) is 1. The number of hydrogen-bond donors (Lipinski definition) is 0. The van der Waals surface area contributed by atoms with Gasteiger partial charge < -0.3 is 19.1 Å². The number of carbonyl (C=O) groups is 2. The summed E-state index contributed by atoms with van der Waals surface area (Å²) in [5.74, 6) is 0.0109. The van der Waals surface area contributed by atoms with E-state index in [9.17, 15) is 9.59 Å². The average molecular weight is 253 g/mol. The molecular formula is C12H15NO5. The Morgan fingerprint density at radius 2 is 1.78 bits per heavy atom. The van der Waals surface area contributed by atoms with Crippen molar-refractivity contribution >= 4 is 12.1 Å². The van der Waals surface area contributed by atoms with Crippen molar-refractivity contribution in [1.82, 2.24) is 4.90 Å². The van der Waals surface area contributed by atoms with Crippen molar-refractivity contribution in [2.45, 2.75) is 0 Å². The zero-order valence-corrected chi connectivity index (χ0v) is 10.7. The lowest BCUT2D eigenvalue weighted by Crippen LogP contribution is -2.25. The summed E-state index contributed by atoms with van der Waals surface area (Å²) in [6, 6.07) is 4.45. The third kappa shape index (κ3) is 3.13. The maximum atomic E-state index is 11.5. The van der Waals surface area contributed by atoms with Crippen molar-refractivity contribution in [3.63, 3.8) is 0 Å². The Morgan fingerprint density at radius 3 is 2.28 bits per heavy atom. The van der Waals surface area contributed by atoms with Crippen LogP contribution in [-0.4, -0.2) is 45.3 Å². The first kappa shape index (κ1) is 13.8. The quantitative estimate of drug-likeness (QED) is 0.764. The lowest BCUT2D eigenvalue weighted by atomic mass is 10.2. The van der Waals surface area contributed by atoms with Gasteiger partial charge in [-0.25, -0.2) is 9.59 Å². The van der Waals surface area contributed by atoms with Crippen LogP contribution in [0.3, 0.4) is 0 Å². The monoisotopic (exact) mass is 253 g/mol. The summed E-state index contributed by atoms with van der Waals surface area (Å²) in [6.07, 6.45) is -0.560. The Balaban J connectivity index is 3.06. The maximum Gasteiger partial charge on any atom is 0.414 e. The van der Waals surface area contributed by atoms with Crippen LogP contribution in [0.5, 0.6) is 11.5 Å². The fourth-order valence-electron chi connectivity index (χ4n) is 1.19. The van der Waals surface area contributed by atoms with Crippen LogP contribution in [0.2, 0.25) is 0 Å². The second-order valence-corrected chi connectivity index (χ2v) is 3.62. The minimum atomic E-state index is -0.560. The molecule has 0 aliphatic heterocycles. The number of carbonyl (C=O) groups excluding carboxylic acids is 2. The second-order valence-electron chi connectivity index (χ2n) is 3.62. The topological polar surface area (TPSA) is 65.1 Å². The molecule has 0 aliphatic rings. The molecule has 1 aromatic rings. The summed E-state index contributed by atoms with van der Waals surface area (Å²) in [4.78, 5) is 24.1. The number of amides is 1. The number of hydrogen-bond acceptors (Lipinski definition) is 5. The van der Waals surface area contributed by atoms with Crippen molar-refractivity contribution < 1.29 is 23.8 Å². The van der Waals surface area contributed by atoms with E-state index < -0.39 is 12.1 Å². The Hall–Kier alpha value is -2.24. The van der Waals surface area contributed by atoms with Gasteiger partial charge in [0.25, 0.3) is 0 Å². The van der Waals surface area contributed by atoms with Crippen LogP contribution in [-0.2, 0) is 4.74 Å². The van der Waals surface area contributed by atoms with Gasteiger partial charge in [-0.2, -0.15) is 0 Å². The van der Waals surface area contributed by atoms with Gasteiger partial charge in [0.15, 0.2) is 11.5 Å². The van der Waals surface area contributed by atoms with Crippen molar-refractivity contribution in [1.29, 1.82) is 0 Å². The molecule has 0 aliphatic carbocycles. The molecule has 1 aromatic carbocycles. The van der Waals surface area contributed by atoms with E-state index in [1.807, 2.05) is 0 Å². The Bertz CT molecular complexity index is 456. The Morgan fingerprint density at radius 1 is 1.11 bits per heavy atom. The van der Waals surface area contributed by atoms with Gasteiger partial charge in [-0.15, -0.1) is 0 Å². The molecule has 0 spiro atoms. The van der Waals surface area contributed by atoms with Crippen molar-refractivity contribution in [3.8, 4) is 11.5 Å². The third-order valence-electron chi connectivity index (χ3n) is 2.15. The summed E-state index contributed by atoms with van der Waals surface area (Å²) in [5, 5.41) is 0. The zero-order chi connectivity index (χ0) is 13.7. The fourth-order valence-corrected chi connectivity index (χ4v) is 1.19. The maximum absolute atomic E-state index is 11.5. The van der Waals surface area contributed by atoms with Crippen LogP contribution >= 0.6 is 0 Å². The third-order valence-corrected chi connectivity index (χ3v) is 2.15. The van der Waals surface area contributed by atoms with Crippen molar-refractivity contribution in [2.24, 2.45) is 0 Å². The highest BCUT2D eigenvalue weighted by Crippen LogP contribution is 2.28. The van der Waals surface area contributed by atoms with E-state index in [1.54, 1.807) is 14.1 Å². The van der Waals surface area contributed by atoms with E-state index in [2.05, 4.69) is 4.74 Å². The minimum absolute atomic E-state index is 0.166. The molecule has 0 N–H and O–H groups in total. The van der Waals surface area contributed by atoms with Crippen LogP contribution in [0.25, 0.3) is 0 Å². The highest BCUT2D eigenvalue weighted by atomic mass is 16.6. The first-order chi connectivity index (χ1) is 8.49. The van der Waals surface area contributed by atoms with Crippen LogP contribution in [0, 0.1) is 0 Å². The molecule has 0 unspecified atom stereocenters. The predicted octanol–water partition coefficient (Wildman–Crippen LogP) is 1.54. The number of methoxy groups -OCH3 is 2. The minimum Gasteiger partial charge on any atom is -0.493 e. The summed E-state index contributed by atoms with van der Waals surface area (Å²) >= 11 is 0. The molecule has 0 saturated carbocycles. The highest BCUT2D eigenvalue weighted by molar-refractivity contribution is 5.90. The molecule has 0 fully saturated rings. The van der Waals surface area contributed by atoms with E-state index >= 15 is 0 Å². The first-order valence-corrected chi connectivity index (χ1v) is 5.15. The molecule has 1 amide bonds. The normalized spacial score (nSPS) is 9.56.